The highest BCUT2D eigenvalue weighted by atomic mass is 16.4. The molecular weight excluding hydrogens is 224 g/mol. The van der Waals surface area contributed by atoms with Crippen LogP contribution >= 0.6 is 0 Å². The van der Waals surface area contributed by atoms with E-state index in [9.17, 15) is 14.7 Å². The molecule has 2 rings (SSSR count). The number of aliphatic hydroxyl groups excluding tert-OH is 1. The van der Waals surface area contributed by atoms with Crippen molar-refractivity contribution in [2.24, 2.45) is 0 Å². The zero-order chi connectivity index (χ0) is 12.6. The summed E-state index contributed by atoms with van der Waals surface area (Å²) in [6.45, 7) is 0. The molecule has 1 aliphatic heterocycles. The third kappa shape index (κ3) is 1.99. The van der Waals surface area contributed by atoms with Gasteiger partial charge in [-0.05, 0) is 11.6 Å². The van der Waals surface area contributed by atoms with Crippen molar-refractivity contribution in [2.75, 3.05) is 7.05 Å². The molecule has 0 radical (unpaired) electrons. The fraction of sp³-hybridized carbons (Fsp3) is 0.364. The van der Waals surface area contributed by atoms with E-state index in [1.807, 2.05) is 0 Å². The molecule has 1 fully saturated rings. The number of carbonyl (C=O) groups excluding carboxylic acids is 1. The molecule has 6 nitrogen and oxygen atoms in total. The van der Waals surface area contributed by atoms with Gasteiger partial charge >= 0.3 is 5.97 Å². The first-order valence-corrected chi connectivity index (χ1v) is 5.13. The lowest BCUT2D eigenvalue weighted by Gasteiger charge is -2.19. The number of rotatable bonds is 2. The summed E-state index contributed by atoms with van der Waals surface area (Å²) in [5.74, 6) is -1.41. The standard InChI is InChI=1S/C11H12N2O4/c1-13-8(3-9(14)10(13)15)6-2-7(11(16)17)5-12-4-6/h2,4-5,8-9,14H,3H2,1H3,(H,16,17)/t8-,9+/m0/s1. The molecule has 0 spiro atoms. The summed E-state index contributed by atoms with van der Waals surface area (Å²) < 4.78 is 0. The number of carboxylic acids is 1. The molecule has 0 unspecified atom stereocenters. The van der Waals surface area contributed by atoms with Gasteiger partial charge < -0.3 is 15.1 Å². The third-order valence-electron chi connectivity index (χ3n) is 2.94. The average molecular weight is 236 g/mol. The molecule has 0 saturated carbocycles. The highest BCUT2D eigenvalue weighted by molar-refractivity contribution is 5.87. The largest absolute Gasteiger partial charge is 0.478 e. The Labute approximate surface area is 97.5 Å². The summed E-state index contributed by atoms with van der Waals surface area (Å²) >= 11 is 0. The van der Waals surface area contributed by atoms with Gasteiger partial charge in [-0.2, -0.15) is 0 Å². The summed E-state index contributed by atoms with van der Waals surface area (Å²) in [6.07, 6.45) is 2.01. The second kappa shape index (κ2) is 4.14. The van der Waals surface area contributed by atoms with Gasteiger partial charge in [-0.3, -0.25) is 9.78 Å². The van der Waals surface area contributed by atoms with Crippen LogP contribution in [-0.2, 0) is 4.79 Å². The van der Waals surface area contributed by atoms with Gasteiger partial charge in [0.1, 0.15) is 6.10 Å². The van der Waals surface area contributed by atoms with Gasteiger partial charge in [0.2, 0.25) is 0 Å². The van der Waals surface area contributed by atoms with Crippen molar-refractivity contribution in [3.8, 4) is 0 Å². The molecule has 2 heterocycles. The normalized spacial score (nSPS) is 24.1. The SMILES string of the molecule is CN1C(=O)[C@H](O)C[C@H]1c1cncc(C(=O)O)c1. The molecule has 0 bridgehead atoms. The Morgan fingerprint density at radius 3 is 2.76 bits per heavy atom. The van der Waals surface area contributed by atoms with E-state index in [0.717, 1.165) is 0 Å². The number of carboxylic acid groups (broad SMARTS) is 1. The fourth-order valence-corrected chi connectivity index (χ4v) is 1.98. The quantitative estimate of drug-likeness (QED) is 0.756. The van der Waals surface area contributed by atoms with Crippen LogP contribution in [0.15, 0.2) is 18.5 Å². The number of amides is 1. The smallest absolute Gasteiger partial charge is 0.337 e. The number of likely N-dealkylation sites (N-methyl/N-ethyl adjacent to an activating group) is 1. The van der Waals surface area contributed by atoms with Gasteiger partial charge in [-0.1, -0.05) is 0 Å². The number of pyridine rings is 1. The van der Waals surface area contributed by atoms with Gasteiger partial charge in [0.15, 0.2) is 0 Å². The predicted octanol–water partition coefficient (Wildman–Crippen LogP) is 0.0439. The maximum Gasteiger partial charge on any atom is 0.337 e. The number of aliphatic hydroxyl groups is 1. The Bertz CT molecular complexity index is 474. The van der Waals surface area contributed by atoms with E-state index in [4.69, 9.17) is 5.11 Å². The summed E-state index contributed by atoms with van der Waals surface area (Å²) in [4.78, 5) is 27.5. The van der Waals surface area contributed by atoms with Crippen molar-refractivity contribution < 1.29 is 19.8 Å². The summed E-state index contributed by atoms with van der Waals surface area (Å²) in [7, 11) is 1.58. The maximum absolute atomic E-state index is 11.4. The minimum absolute atomic E-state index is 0.0738. The van der Waals surface area contributed by atoms with Gasteiger partial charge in [-0.15, -0.1) is 0 Å². The molecule has 2 atom stereocenters. The molecule has 0 aromatic carbocycles. The van der Waals surface area contributed by atoms with E-state index in [2.05, 4.69) is 4.98 Å². The second-order valence-corrected chi connectivity index (χ2v) is 4.03. The van der Waals surface area contributed by atoms with E-state index in [1.165, 1.54) is 23.4 Å². The van der Waals surface area contributed by atoms with Gasteiger partial charge in [0.25, 0.3) is 5.91 Å². The van der Waals surface area contributed by atoms with E-state index in [-0.39, 0.29) is 23.9 Å². The highest BCUT2D eigenvalue weighted by Crippen LogP contribution is 2.31. The Balaban J connectivity index is 2.32. The first-order chi connectivity index (χ1) is 8.00. The first-order valence-electron chi connectivity index (χ1n) is 5.13. The van der Waals surface area contributed by atoms with Crippen LogP contribution in [0, 0.1) is 0 Å². The number of nitrogens with zero attached hydrogens (tertiary/aromatic N) is 2. The molecular formula is C11H12N2O4. The zero-order valence-corrected chi connectivity index (χ0v) is 9.20. The van der Waals surface area contributed by atoms with Crippen LogP contribution in [0.25, 0.3) is 0 Å². The van der Waals surface area contributed by atoms with E-state index < -0.39 is 12.1 Å². The van der Waals surface area contributed by atoms with Crippen LogP contribution in [0.3, 0.4) is 0 Å². The van der Waals surface area contributed by atoms with Gasteiger partial charge in [0, 0.05) is 25.9 Å². The molecule has 90 valence electrons. The molecule has 1 amide bonds. The lowest BCUT2D eigenvalue weighted by atomic mass is 10.0. The number of likely N-dealkylation sites (tertiary alicyclic amines) is 1. The Morgan fingerprint density at radius 1 is 1.53 bits per heavy atom. The molecule has 2 N–H and O–H groups in total. The van der Waals surface area contributed by atoms with Crippen LogP contribution in [-0.4, -0.2) is 45.1 Å². The number of hydrogen-bond donors (Lipinski definition) is 2. The minimum Gasteiger partial charge on any atom is -0.478 e. The lowest BCUT2D eigenvalue weighted by Crippen LogP contribution is -2.26. The molecule has 0 aliphatic carbocycles. The Kier molecular flexibility index (Phi) is 2.81. The minimum atomic E-state index is -1.06. The maximum atomic E-state index is 11.4. The highest BCUT2D eigenvalue weighted by Gasteiger charge is 2.36. The fourth-order valence-electron chi connectivity index (χ4n) is 1.98. The lowest BCUT2D eigenvalue weighted by molar-refractivity contribution is -0.134. The van der Waals surface area contributed by atoms with Crippen molar-refractivity contribution >= 4 is 11.9 Å². The topological polar surface area (TPSA) is 90.7 Å². The van der Waals surface area contributed by atoms with Crippen LogP contribution in [0.5, 0.6) is 0 Å². The monoisotopic (exact) mass is 236 g/mol. The molecule has 1 aliphatic rings. The van der Waals surface area contributed by atoms with Crippen molar-refractivity contribution in [2.45, 2.75) is 18.6 Å². The summed E-state index contributed by atoms with van der Waals surface area (Å²) in [5.41, 5.74) is 0.696. The number of hydrogen-bond acceptors (Lipinski definition) is 4. The summed E-state index contributed by atoms with van der Waals surface area (Å²) in [5, 5.41) is 18.3. The molecule has 1 aromatic heterocycles. The number of aromatic carboxylic acids is 1. The van der Waals surface area contributed by atoms with Crippen LogP contribution < -0.4 is 0 Å². The molecule has 17 heavy (non-hydrogen) atoms. The van der Waals surface area contributed by atoms with Crippen LogP contribution in [0.2, 0.25) is 0 Å². The van der Waals surface area contributed by atoms with Crippen molar-refractivity contribution in [1.82, 2.24) is 9.88 Å². The van der Waals surface area contributed by atoms with Crippen LogP contribution in [0.4, 0.5) is 0 Å². The van der Waals surface area contributed by atoms with Gasteiger partial charge in [-0.25, -0.2) is 4.79 Å². The number of carbonyl (C=O) groups is 2. The van der Waals surface area contributed by atoms with Crippen molar-refractivity contribution in [3.05, 3.63) is 29.6 Å². The van der Waals surface area contributed by atoms with E-state index in [0.29, 0.717) is 5.56 Å². The molecule has 1 aromatic rings. The van der Waals surface area contributed by atoms with Crippen molar-refractivity contribution in [3.63, 3.8) is 0 Å². The number of aromatic nitrogens is 1. The van der Waals surface area contributed by atoms with Gasteiger partial charge in [0.05, 0.1) is 11.6 Å². The predicted molar refractivity (Wildman–Crippen MR) is 57.3 cm³/mol. The Morgan fingerprint density at radius 2 is 2.24 bits per heavy atom. The van der Waals surface area contributed by atoms with Crippen LogP contribution in [0.1, 0.15) is 28.4 Å². The average Bonchev–Trinajstić information content (AvgIpc) is 2.57. The zero-order valence-electron chi connectivity index (χ0n) is 9.20. The second-order valence-electron chi connectivity index (χ2n) is 4.03. The third-order valence-corrected chi connectivity index (χ3v) is 2.94. The first kappa shape index (κ1) is 11.5. The van der Waals surface area contributed by atoms with E-state index in [1.54, 1.807) is 7.05 Å². The Hall–Kier alpha value is -1.95. The summed E-state index contributed by atoms with van der Waals surface area (Å²) in [6, 6.07) is 1.16. The van der Waals surface area contributed by atoms with E-state index >= 15 is 0 Å². The van der Waals surface area contributed by atoms with Crippen molar-refractivity contribution in [1.29, 1.82) is 0 Å². The molecule has 6 heteroatoms. The molecule has 1 saturated heterocycles.